The number of benzene rings is 1. The van der Waals surface area contributed by atoms with E-state index in [4.69, 9.17) is 9.47 Å². The lowest BCUT2D eigenvalue weighted by Gasteiger charge is -2.40. The SMILES string of the molecule is C[C@H]1CN(C(=O)COc2ccc(I)cc2)CCN1C(=O)OC(C)(C)C. The molecule has 0 radical (unpaired) electrons. The molecule has 1 heterocycles. The molecule has 1 fully saturated rings. The normalized spacial score (nSPS) is 18.0. The second kappa shape index (κ2) is 8.25. The molecule has 138 valence electrons. The van der Waals surface area contributed by atoms with Gasteiger partial charge in [0.15, 0.2) is 6.61 Å². The maximum atomic E-state index is 12.4. The lowest BCUT2D eigenvalue weighted by atomic mass is 10.2. The highest BCUT2D eigenvalue weighted by Crippen LogP contribution is 2.17. The third-order valence-electron chi connectivity index (χ3n) is 3.78. The van der Waals surface area contributed by atoms with Crippen molar-refractivity contribution in [2.75, 3.05) is 26.2 Å². The van der Waals surface area contributed by atoms with Crippen molar-refractivity contribution in [2.24, 2.45) is 0 Å². The van der Waals surface area contributed by atoms with E-state index in [1.165, 1.54) is 0 Å². The first kappa shape index (κ1) is 19.8. The quantitative estimate of drug-likeness (QED) is 0.651. The van der Waals surface area contributed by atoms with Gasteiger partial charge >= 0.3 is 6.09 Å². The molecule has 0 bridgehead atoms. The van der Waals surface area contributed by atoms with E-state index in [2.05, 4.69) is 22.6 Å². The largest absolute Gasteiger partial charge is 0.484 e. The summed E-state index contributed by atoms with van der Waals surface area (Å²) in [5.74, 6) is 0.600. The molecule has 0 N–H and O–H groups in total. The summed E-state index contributed by atoms with van der Waals surface area (Å²) in [5, 5.41) is 0. The van der Waals surface area contributed by atoms with Gasteiger partial charge in [-0.15, -0.1) is 0 Å². The number of piperazine rings is 1. The van der Waals surface area contributed by atoms with E-state index < -0.39 is 5.60 Å². The molecule has 2 amide bonds. The molecular formula is C18H25IN2O4. The van der Waals surface area contributed by atoms with Gasteiger partial charge in [0, 0.05) is 29.2 Å². The first-order chi connectivity index (χ1) is 11.7. The molecule has 25 heavy (non-hydrogen) atoms. The molecule has 7 heteroatoms. The third kappa shape index (κ3) is 6.05. The molecule has 2 rings (SSSR count). The molecule has 6 nitrogen and oxygen atoms in total. The van der Waals surface area contributed by atoms with Crippen LogP contribution in [0.5, 0.6) is 5.75 Å². The Morgan fingerprint density at radius 2 is 1.84 bits per heavy atom. The van der Waals surface area contributed by atoms with Crippen LogP contribution in [-0.2, 0) is 9.53 Å². The Labute approximate surface area is 162 Å². The highest BCUT2D eigenvalue weighted by molar-refractivity contribution is 14.1. The van der Waals surface area contributed by atoms with Crippen LogP contribution in [0.1, 0.15) is 27.7 Å². The molecule has 1 aliphatic rings. The van der Waals surface area contributed by atoms with Gasteiger partial charge < -0.3 is 19.3 Å². The van der Waals surface area contributed by atoms with E-state index in [0.717, 1.165) is 3.57 Å². The van der Waals surface area contributed by atoms with Crippen LogP contribution >= 0.6 is 22.6 Å². The van der Waals surface area contributed by atoms with Gasteiger partial charge in [0.25, 0.3) is 5.91 Å². The molecule has 1 atom stereocenters. The summed E-state index contributed by atoms with van der Waals surface area (Å²) in [5.41, 5.74) is -0.523. The molecule has 0 unspecified atom stereocenters. The number of rotatable bonds is 3. The topological polar surface area (TPSA) is 59.1 Å². The first-order valence-corrected chi connectivity index (χ1v) is 9.39. The number of ether oxygens (including phenoxy) is 2. The number of carbonyl (C=O) groups excluding carboxylic acids is 2. The zero-order valence-corrected chi connectivity index (χ0v) is 17.3. The van der Waals surface area contributed by atoms with Crippen LogP contribution in [0.4, 0.5) is 4.79 Å². The van der Waals surface area contributed by atoms with Crippen molar-refractivity contribution in [3.8, 4) is 5.75 Å². The van der Waals surface area contributed by atoms with Crippen molar-refractivity contribution in [1.82, 2.24) is 9.80 Å². The van der Waals surface area contributed by atoms with Gasteiger partial charge in [-0.1, -0.05) is 0 Å². The Morgan fingerprint density at radius 3 is 2.40 bits per heavy atom. The van der Waals surface area contributed by atoms with Crippen LogP contribution in [0.3, 0.4) is 0 Å². The fraction of sp³-hybridized carbons (Fsp3) is 0.556. The number of hydrogen-bond donors (Lipinski definition) is 0. The molecule has 1 aromatic carbocycles. The molecule has 0 saturated carbocycles. The van der Waals surface area contributed by atoms with Crippen molar-refractivity contribution in [3.63, 3.8) is 0 Å². The minimum absolute atomic E-state index is 0.000248. The van der Waals surface area contributed by atoms with E-state index >= 15 is 0 Å². The Hall–Kier alpha value is -1.51. The Balaban J connectivity index is 1.84. The smallest absolute Gasteiger partial charge is 0.410 e. The summed E-state index contributed by atoms with van der Waals surface area (Å²) >= 11 is 2.22. The Morgan fingerprint density at radius 1 is 1.20 bits per heavy atom. The van der Waals surface area contributed by atoms with Crippen molar-refractivity contribution in [2.45, 2.75) is 39.3 Å². The maximum Gasteiger partial charge on any atom is 0.410 e. The summed E-state index contributed by atoms with van der Waals surface area (Å²) in [6.45, 7) is 8.88. The van der Waals surface area contributed by atoms with Crippen molar-refractivity contribution >= 4 is 34.6 Å². The lowest BCUT2D eigenvalue weighted by molar-refractivity contribution is -0.136. The molecular weight excluding hydrogens is 435 g/mol. The van der Waals surface area contributed by atoms with Gasteiger partial charge in [0.1, 0.15) is 11.4 Å². The predicted molar refractivity (Wildman–Crippen MR) is 104 cm³/mol. The Kier molecular flexibility index (Phi) is 6.53. The van der Waals surface area contributed by atoms with Crippen molar-refractivity contribution in [3.05, 3.63) is 27.8 Å². The second-order valence-electron chi connectivity index (χ2n) is 7.11. The van der Waals surface area contributed by atoms with E-state index in [9.17, 15) is 9.59 Å². The van der Waals surface area contributed by atoms with E-state index in [1.54, 1.807) is 9.80 Å². The summed E-state index contributed by atoms with van der Waals surface area (Å²) in [7, 11) is 0. The van der Waals surface area contributed by atoms with E-state index in [1.807, 2.05) is 52.0 Å². The molecule has 1 saturated heterocycles. The average Bonchev–Trinajstić information content (AvgIpc) is 2.52. The van der Waals surface area contributed by atoms with Crippen molar-refractivity contribution < 1.29 is 19.1 Å². The summed E-state index contributed by atoms with van der Waals surface area (Å²) in [6, 6.07) is 7.46. The molecule has 1 aliphatic heterocycles. The minimum atomic E-state index is -0.523. The zero-order chi connectivity index (χ0) is 18.6. The van der Waals surface area contributed by atoms with Crippen LogP contribution in [0.15, 0.2) is 24.3 Å². The average molecular weight is 460 g/mol. The van der Waals surface area contributed by atoms with Gasteiger partial charge in [0.05, 0.1) is 0 Å². The van der Waals surface area contributed by atoms with Crippen LogP contribution < -0.4 is 4.74 Å². The summed E-state index contributed by atoms with van der Waals surface area (Å²) in [4.78, 5) is 28.0. The zero-order valence-electron chi connectivity index (χ0n) is 15.1. The maximum absolute atomic E-state index is 12.4. The molecule has 0 spiro atoms. The minimum Gasteiger partial charge on any atom is -0.484 e. The van der Waals surface area contributed by atoms with Gasteiger partial charge in [-0.3, -0.25) is 4.79 Å². The van der Waals surface area contributed by atoms with Gasteiger partial charge in [0.2, 0.25) is 0 Å². The van der Waals surface area contributed by atoms with E-state index in [-0.39, 0.29) is 24.6 Å². The van der Waals surface area contributed by atoms with Gasteiger partial charge in [-0.05, 0) is 74.6 Å². The number of carbonyl (C=O) groups is 2. The first-order valence-electron chi connectivity index (χ1n) is 8.31. The predicted octanol–water partition coefficient (Wildman–Crippen LogP) is 3.14. The van der Waals surface area contributed by atoms with Crippen LogP contribution in [0.2, 0.25) is 0 Å². The highest BCUT2D eigenvalue weighted by atomic mass is 127. The Bertz CT molecular complexity index is 612. The molecule has 0 aromatic heterocycles. The highest BCUT2D eigenvalue weighted by Gasteiger charge is 2.32. The summed E-state index contributed by atoms with van der Waals surface area (Å²) in [6.07, 6.45) is -0.331. The third-order valence-corrected chi connectivity index (χ3v) is 4.50. The fourth-order valence-electron chi connectivity index (χ4n) is 2.54. The number of amides is 2. The number of hydrogen-bond acceptors (Lipinski definition) is 4. The van der Waals surface area contributed by atoms with Crippen LogP contribution in [0, 0.1) is 3.57 Å². The van der Waals surface area contributed by atoms with Crippen LogP contribution in [-0.4, -0.2) is 59.7 Å². The monoisotopic (exact) mass is 460 g/mol. The number of halogens is 1. The molecule has 0 aliphatic carbocycles. The van der Waals surface area contributed by atoms with Gasteiger partial charge in [-0.25, -0.2) is 4.79 Å². The lowest BCUT2D eigenvalue weighted by Crippen LogP contribution is -2.56. The second-order valence-corrected chi connectivity index (χ2v) is 8.35. The summed E-state index contributed by atoms with van der Waals surface area (Å²) < 4.78 is 12.1. The van der Waals surface area contributed by atoms with E-state index in [0.29, 0.717) is 25.4 Å². The van der Waals surface area contributed by atoms with Gasteiger partial charge in [-0.2, -0.15) is 0 Å². The molecule has 1 aromatic rings. The number of nitrogens with zero attached hydrogens (tertiary/aromatic N) is 2. The standard InChI is InChI=1S/C18H25IN2O4/c1-13-11-20(9-10-21(13)17(23)25-18(2,3)4)16(22)12-24-15-7-5-14(19)6-8-15/h5-8,13H,9-12H2,1-4H3/t13-/m0/s1. The fourth-order valence-corrected chi connectivity index (χ4v) is 2.90. The van der Waals surface area contributed by atoms with Crippen LogP contribution in [0.25, 0.3) is 0 Å². The van der Waals surface area contributed by atoms with Crippen molar-refractivity contribution in [1.29, 1.82) is 0 Å².